The first-order valence-electron chi connectivity index (χ1n) is 7.57. The molecule has 0 spiro atoms. The molecule has 0 aliphatic carbocycles. The van der Waals surface area contributed by atoms with E-state index >= 15 is 0 Å². The highest BCUT2D eigenvalue weighted by Gasteiger charge is 2.12. The topological polar surface area (TPSA) is 70.7 Å². The Bertz CT molecular complexity index is 1160. The molecule has 1 aromatic carbocycles. The minimum atomic E-state index is -0.454. The second-order valence-electron chi connectivity index (χ2n) is 5.50. The number of benzene rings is 1. The molecule has 0 aliphatic rings. The molecule has 3 heterocycles. The second-order valence-corrected chi connectivity index (χ2v) is 5.50. The zero-order valence-corrected chi connectivity index (χ0v) is 12.9. The molecule has 0 bridgehead atoms. The van der Waals surface area contributed by atoms with Gasteiger partial charge in [-0.2, -0.15) is 0 Å². The van der Waals surface area contributed by atoms with E-state index < -0.39 is 11.6 Å². The van der Waals surface area contributed by atoms with Gasteiger partial charge in [0.25, 0.3) is 5.56 Å². The summed E-state index contributed by atoms with van der Waals surface area (Å²) in [7, 11) is 0. The first-order chi connectivity index (χ1) is 12.1. The fourth-order valence-corrected chi connectivity index (χ4v) is 2.78. The largest absolute Gasteiger partial charge is 0.364 e. The molecular formula is C18H12F2N4O. The number of nitrogens with zero attached hydrogens (tertiary/aromatic N) is 2. The van der Waals surface area contributed by atoms with Gasteiger partial charge in [-0.15, -0.1) is 0 Å². The van der Waals surface area contributed by atoms with Crippen molar-refractivity contribution < 1.29 is 8.78 Å². The van der Waals surface area contributed by atoms with Crippen LogP contribution < -0.4 is 10.9 Å². The van der Waals surface area contributed by atoms with Gasteiger partial charge in [-0.1, -0.05) is 0 Å². The summed E-state index contributed by atoms with van der Waals surface area (Å²) in [6.07, 6.45) is 2.98. The number of hydrogen-bond donors (Lipinski definition) is 2. The second kappa shape index (κ2) is 5.94. The van der Waals surface area contributed by atoms with Crippen LogP contribution in [0.15, 0.2) is 53.6 Å². The normalized spacial score (nSPS) is 11.1. The lowest BCUT2D eigenvalue weighted by Gasteiger charge is -2.11. The Hall–Kier alpha value is -3.35. The average Bonchev–Trinajstić information content (AvgIpc) is 2.60. The minimum absolute atomic E-state index is 0.112. The van der Waals surface area contributed by atoms with Crippen LogP contribution in [0.2, 0.25) is 0 Å². The molecule has 0 amide bonds. The lowest BCUT2D eigenvalue weighted by molar-refractivity contribution is 0.602. The predicted octanol–water partition coefficient (Wildman–Crippen LogP) is 3.36. The van der Waals surface area contributed by atoms with Crippen molar-refractivity contribution in [1.29, 1.82) is 0 Å². The van der Waals surface area contributed by atoms with Gasteiger partial charge >= 0.3 is 0 Å². The van der Waals surface area contributed by atoms with E-state index in [0.717, 1.165) is 0 Å². The summed E-state index contributed by atoms with van der Waals surface area (Å²) in [5, 5.41) is 4.35. The van der Waals surface area contributed by atoms with Gasteiger partial charge < -0.3 is 10.3 Å². The number of pyridine rings is 3. The summed E-state index contributed by atoms with van der Waals surface area (Å²) in [5.74, 6) is -0.453. The Labute approximate surface area is 140 Å². The van der Waals surface area contributed by atoms with Gasteiger partial charge in [-0.25, -0.2) is 13.8 Å². The molecule has 0 saturated carbocycles. The van der Waals surface area contributed by atoms with E-state index in [1.54, 1.807) is 12.1 Å². The Morgan fingerprint density at radius 1 is 1.12 bits per heavy atom. The van der Waals surface area contributed by atoms with E-state index in [4.69, 9.17) is 0 Å². The van der Waals surface area contributed by atoms with Crippen LogP contribution in [0, 0.1) is 11.6 Å². The molecule has 0 saturated heterocycles. The standard InChI is InChI=1S/C18H12F2N4O/c19-10-3-4-11-12(8-10)16-14(5-7-22-18(16)25)24-17(11)23-9-15-13(20)2-1-6-21-15/h1-8H,9H2,(H,22,25)(H,23,24). The highest BCUT2D eigenvalue weighted by molar-refractivity contribution is 6.09. The van der Waals surface area contributed by atoms with Crippen LogP contribution in [0.3, 0.4) is 0 Å². The summed E-state index contributed by atoms with van der Waals surface area (Å²) in [6, 6.07) is 8.59. The summed E-state index contributed by atoms with van der Waals surface area (Å²) >= 11 is 0. The van der Waals surface area contributed by atoms with E-state index in [9.17, 15) is 13.6 Å². The summed E-state index contributed by atoms with van der Waals surface area (Å²) in [4.78, 5) is 23.1. The summed E-state index contributed by atoms with van der Waals surface area (Å²) < 4.78 is 27.5. The van der Waals surface area contributed by atoms with Crippen molar-refractivity contribution in [2.45, 2.75) is 6.54 Å². The third-order valence-corrected chi connectivity index (χ3v) is 3.94. The fraction of sp³-hybridized carbons (Fsp3) is 0.0556. The van der Waals surface area contributed by atoms with Crippen molar-refractivity contribution in [3.8, 4) is 0 Å². The molecule has 0 aliphatic heterocycles. The van der Waals surface area contributed by atoms with Gasteiger partial charge in [0.05, 0.1) is 23.1 Å². The van der Waals surface area contributed by atoms with Crippen molar-refractivity contribution in [1.82, 2.24) is 15.0 Å². The van der Waals surface area contributed by atoms with Crippen LogP contribution in [-0.4, -0.2) is 15.0 Å². The summed E-state index contributed by atoms with van der Waals surface area (Å²) in [5.41, 5.74) is 0.319. The predicted molar refractivity (Wildman–Crippen MR) is 91.3 cm³/mol. The molecule has 4 rings (SSSR count). The Morgan fingerprint density at radius 3 is 2.84 bits per heavy atom. The van der Waals surface area contributed by atoms with Crippen molar-refractivity contribution in [2.75, 3.05) is 5.32 Å². The molecule has 0 unspecified atom stereocenters. The third-order valence-electron chi connectivity index (χ3n) is 3.94. The van der Waals surface area contributed by atoms with Crippen LogP contribution in [0.5, 0.6) is 0 Å². The van der Waals surface area contributed by atoms with Gasteiger partial charge in [0, 0.05) is 23.2 Å². The van der Waals surface area contributed by atoms with Crippen LogP contribution in [0.1, 0.15) is 5.69 Å². The number of halogens is 2. The number of hydrogen-bond acceptors (Lipinski definition) is 4. The Balaban J connectivity index is 1.88. The molecule has 3 aromatic heterocycles. The third kappa shape index (κ3) is 2.69. The van der Waals surface area contributed by atoms with Gasteiger partial charge in [-0.05, 0) is 36.4 Å². The van der Waals surface area contributed by atoms with Crippen molar-refractivity contribution >= 4 is 27.5 Å². The molecule has 0 fully saturated rings. The first kappa shape index (κ1) is 15.2. The first-order valence-corrected chi connectivity index (χ1v) is 7.57. The summed E-state index contributed by atoms with van der Waals surface area (Å²) in [6.45, 7) is 0.112. The zero-order valence-electron chi connectivity index (χ0n) is 12.9. The number of H-pyrrole nitrogens is 1. The highest BCUT2D eigenvalue weighted by Crippen LogP contribution is 2.28. The van der Waals surface area contributed by atoms with E-state index in [2.05, 4.69) is 20.3 Å². The van der Waals surface area contributed by atoms with Gasteiger partial charge in [0.1, 0.15) is 17.5 Å². The number of fused-ring (bicyclic) bond motifs is 3. The van der Waals surface area contributed by atoms with E-state index in [0.29, 0.717) is 27.5 Å². The molecule has 0 atom stereocenters. The molecule has 2 N–H and O–H groups in total. The van der Waals surface area contributed by atoms with Gasteiger partial charge in [-0.3, -0.25) is 9.78 Å². The SMILES string of the molecule is O=c1[nH]ccc2nc(NCc3ncccc3F)c3ccc(F)cc3c12. The quantitative estimate of drug-likeness (QED) is 0.562. The molecular weight excluding hydrogens is 326 g/mol. The molecule has 124 valence electrons. The maximum absolute atomic E-state index is 13.7. The minimum Gasteiger partial charge on any atom is -0.364 e. The van der Waals surface area contributed by atoms with Crippen LogP contribution in [-0.2, 0) is 6.54 Å². The van der Waals surface area contributed by atoms with Gasteiger partial charge in [0.2, 0.25) is 0 Å². The maximum Gasteiger partial charge on any atom is 0.258 e. The van der Waals surface area contributed by atoms with Crippen LogP contribution >= 0.6 is 0 Å². The Kier molecular flexibility index (Phi) is 3.61. The molecule has 4 aromatic rings. The lowest BCUT2D eigenvalue weighted by Crippen LogP contribution is -2.09. The number of rotatable bonds is 3. The van der Waals surface area contributed by atoms with E-state index in [1.807, 2.05) is 0 Å². The number of nitrogens with one attached hydrogen (secondary N) is 2. The lowest BCUT2D eigenvalue weighted by atomic mass is 10.1. The Morgan fingerprint density at radius 2 is 2.00 bits per heavy atom. The average molecular weight is 338 g/mol. The van der Waals surface area contributed by atoms with Crippen molar-refractivity contribution in [2.24, 2.45) is 0 Å². The fourth-order valence-electron chi connectivity index (χ4n) is 2.78. The van der Waals surface area contributed by atoms with E-state index in [1.165, 1.54) is 36.7 Å². The maximum atomic E-state index is 13.7. The zero-order chi connectivity index (χ0) is 17.4. The van der Waals surface area contributed by atoms with Crippen molar-refractivity contribution in [3.05, 3.63) is 76.5 Å². The number of aromatic nitrogens is 3. The van der Waals surface area contributed by atoms with Crippen molar-refractivity contribution in [3.63, 3.8) is 0 Å². The highest BCUT2D eigenvalue weighted by atomic mass is 19.1. The molecule has 7 heteroatoms. The van der Waals surface area contributed by atoms with E-state index in [-0.39, 0.29) is 17.8 Å². The number of aromatic amines is 1. The monoisotopic (exact) mass is 338 g/mol. The smallest absolute Gasteiger partial charge is 0.258 e. The van der Waals surface area contributed by atoms with Crippen LogP contribution in [0.4, 0.5) is 14.6 Å². The van der Waals surface area contributed by atoms with Crippen LogP contribution in [0.25, 0.3) is 21.7 Å². The van der Waals surface area contributed by atoms with Gasteiger partial charge in [0.15, 0.2) is 0 Å². The molecule has 5 nitrogen and oxygen atoms in total. The molecule has 25 heavy (non-hydrogen) atoms. The molecule has 0 radical (unpaired) electrons. The number of anilines is 1.